The molecule has 2 rings (SSSR count). The topological polar surface area (TPSA) is 56.2 Å². The summed E-state index contributed by atoms with van der Waals surface area (Å²) in [5.41, 5.74) is 8.03. The summed E-state index contributed by atoms with van der Waals surface area (Å²) in [7, 11) is 0. The fraction of sp³-hybridized carbons (Fsp3) is 0.143. The minimum Gasteiger partial charge on any atom is -0.396 e. The van der Waals surface area contributed by atoms with E-state index in [1.807, 2.05) is 6.92 Å². The van der Waals surface area contributed by atoms with Crippen LogP contribution in [0.3, 0.4) is 0 Å². The van der Waals surface area contributed by atoms with Crippen molar-refractivity contribution >= 4 is 11.3 Å². The third-order valence-corrected chi connectivity index (χ3v) is 1.60. The Balaban J connectivity index is 2.94. The highest BCUT2D eigenvalue weighted by molar-refractivity contribution is 5.63. The smallest absolute Gasteiger partial charge is 0.176 e. The van der Waals surface area contributed by atoms with Crippen LogP contribution in [0.25, 0.3) is 5.65 Å². The fourth-order valence-corrected chi connectivity index (χ4v) is 1.03. The van der Waals surface area contributed by atoms with Gasteiger partial charge in [-0.3, -0.25) is 0 Å². The predicted molar refractivity (Wildman–Crippen MR) is 42.1 cm³/mol. The van der Waals surface area contributed by atoms with Crippen LogP contribution in [0, 0.1) is 6.92 Å². The minimum atomic E-state index is 0.660. The van der Waals surface area contributed by atoms with E-state index in [0.29, 0.717) is 5.69 Å². The first-order valence-electron chi connectivity index (χ1n) is 3.34. The summed E-state index contributed by atoms with van der Waals surface area (Å²) in [6.45, 7) is 1.94. The molecule has 4 nitrogen and oxygen atoms in total. The highest BCUT2D eigenvalue weighted by Gasteiger charge is 2.00. The van der Waals surface area contributed by atoms with E-state index in [-0.39, 0.29) is 0 Å². The lowest BCUT2D eigenvalue weighted by atomic mass is 10.5. The molecule has 0 saturated heterocycles. The van der Waals surface area contributed by atoms with Crippen LogP contribution in [0.2, 0.25) is 0 Å². The van der Waals surface area contributed by atoms with Gasteiger partial charge in [-0.25, -0.2) is 9.50 Å². The summed E-state index contributed by atoms with van der Waals surface area (Å²) in [5, 5.41) is 4.08. The van der Waals surface area contributed by atoms with E-state index >= 15 is 0 Å². The molecule has 0 fully saturated rings. The van der Waals surface area contributed by atoms with Crippen molar-refractivity contribution in [1.29, 1.82) is 0 Å². The van der Waals surface area contributed by atoms with Crippen molar-refractivity contribution in [3.63, 3.8) is 0 Å². The van der Waals surface area contributed by atoms with Crippen LogP contribution in [0.1, 0.15) is 5.69 Å². The summed E-state index contributed by atoms with van der Waals surface area (Å²) in [4.78, 5) is 4.09. The van der Waals surface area contributed by atoms with Crippen molar-refractivity contribution in [2.45, 2.75) is 6.92 Å². The number of nitrogens with two attached hydrogens (primary N) is 1. The molecular weight excluding hydrogens is 140 g/mol. The Morgan fingerprint density at radius 2 is 2.36 bits per heavy atom. The number of hydrogen-bond donors (Lipinski definition) is 1. The Morgan fingerprint density at radius 3 is 3.09 bits per heavy atom. The maximum absolute atomic E-state index is 5.65. The van der Waals surface area contributed by atoms with Gasteiger partial charge in [0.15, 0.2) is 5.65 Å². The molecule has 0 aliphatic rings. The van der Waals surface area contributed by atoms with E-state index < -0.39 is 0 Å². The maximum Gasteiger partial charge on any atom is 0.176 e. The fourth-order valence-electron chi connectivity index (χ4n) is 1.03. The number of aryl methyl sites for hydroxylation is 1. The lowest BCUT2D eigenvalue weighted by Gasteiger charge is -1.95. The number of hydrogen-bond acceptors (Lipinski definition) is 3. The highest BCUT2D eigenvalue weighted by atomic mass is 15.3. The maximum atomic E-state index is 5.65. The number of imidazole rings is 1. The minimum absolute atomic E-state index is 0.660. The molecule has 0 saturated carbocycles. The molecule has 2 heterocycles. The molecule has 4 heteroatoms. The molecule has 2 aromatic rings. The molecule has 0 radical (unpaired) electrons. The number of nitrogen functional groups attached to an aromatic ring is 1. The molecular formula is C7H8N4. The van der Waals surface area contributed by atoms with Gasteiger partial charge >= 0.3 is 0 Å². The predicted octanol–water partition coefficient (Wildman–Crippen LogP) is 0.620. The zero-order valence-corrected chi connectivity index (χ0v) is 6.15. The Hall–Kier alpha value is -1.58. The van der Waals surface area contributed by atoms with Gasteiger partial charge < -0.3 is 5.73 Å². The van der Waals surface area contributed by atoms with Crippen LogP contribution in [0.5, 0.6) is 0 Å². The van der Waals surface area contributed by atoms with Crippen molar-refractivity contribution < 1.29 is 0 Å². The zero-order valence-electron chi connectivity index (χ0n) is 6.15. The number of anilines is 1. The Morgan fingerprint density at radius 1 is 1.55 bits per heavy atom. The summed E-state index contributed by atoms with van der Waals surface area (Å²) < 4.78 is 1.72. The Bertz CT molecular complexity index is 390. The van der Waals surface area contributed by atoms with Gasteiger partial charge in [-0.1, -0.05) is 0 Å². The van der Waals surface area contributed by atoms with E-state index in [0.717, 1.165) is 11.3 Å². The second kappa shape index (κ2) is 1.95. The van der Waals surface area contributed by atoms with Crippen molar-refractivity contribution in [2.24, 2.45) is 0 Å². The van der Waals surface area contributed by atoms with Crippen LogP contribution in [0.4, 0.5) is 5.69 Å². The number of aromatic nitrogens is 3. The Kier molecular flexibility index (Phi) is 1.09. The Labute approximate surface area is 63.7 Å². The summed E-state index contributed by atoms with van der Waals surface area (Å²) in [6.07, 6.45) is 3.41. The molecule has 0 unspecified atom stereocenters. The lowest BCUT2D eigenvalue weighted by molar-refractivity contribution is 0.901. The normalized spacial score (nSPS) is 10.6. The molecule has 0 aliphatic carbocycles. The van der Waals surface area contributed by atoms with Crippen LogP contribution >= 0.6 is 0 Å². The van der Waals surface area contributed by atoms with E-state index in [4.69, 9.17) is 5.73 Å². The van der Waals surface area contributed by atoms with Gasteiger partial charge in [0.05, 0.1) is 23.8 Å². The summed E-state index contributed by atoms with van der Waals surface area (Å²) >= 11 is 0. The first-order chi connectivity index (χ1) is 5.29. The molecule has 0 aromatic carbocycles. The second-order valence-corrected chi connectivity index (χ2v) is 2.42. The zero-order chi connectivity index (χ0) is 7.84. The van der Waals surface area contributed by atoms with Crippen LogP contribution in [-0.2, 0) is 0 Å². The first kappa shape index (κ1) is 6.15. The number of nitrogens with zero attached hydrogens (tertiary/aromatic N) is 3. The van der Waals surface area contributed by atoms with Gasteiger partial charge in [0.1, 0.15) is 0 Å². The molecule has 2 aromatic heterocycles. The second-order valence-electron chi connectivity index (χ2n) is 2.42. The molecule has 0 spiro atoms. The van der Waals surface area contributed by atoms with E-state index in [2.05, 4.69) is 10.1 Å². The molecule has 0 bridgehead atoms. The van der Waals surface area contributed by atoms with Gasteiger partial charge in [-0.05, 0) is 13.0 Å². The van der Waals surface area contributed by atoms with Crippen molar-refractivity contribution in [2.75, 3.05) is 5.73 Å². The van der Waals surface area contributed by atoms with Gasteiger partial charge in [0.25, 0.3) is 0 Å². The van der Waals surface area contributed by atoms with Crippen molar-refractivity contribution in [3.8, 4) is 0 Å². The van der Waals surface area contributed by atoms with Gasteiger partial charge in [0.2, 0.25) is 0 Å². The lowest BCUT2D eigenvalue weighted by Crippen LogP contribution is -1.96. The van der Waals surface area contributed by atoms with Crippen LogP contribution in [-0.4, -0.2) is 14.6 Å². The number of fused-ring (bicyclic) bond motifs is 1. The summed E-state index contributed by atoms with van der Waals surface area (Å²) in [5.74, 6) is 0. The summed E-state index contributed by atoms with van der Waals surface area (Å²) in [6, 6.07) is 1.74. The van der Waals surface area contributed by atoms with Gasteiger partial charge in [-0.2, -0.15) is 5.10 Å². The van der Waals surface area contributed by atoms with Crippen molar-refractivity contribution in [1.82, 2.24) is 14.6 Å². The largest absolute Gasteiger partial charge is 0.396 e. The molecule has 0 amide bonds. The van der Waals surface area contributed by atoms with Crippen molar-refractivity contribution in [3.05, 3.63) is 24.2 Å². The van der Waals surface area contributed by atoms with Crippen LogP contribution < -0.4 is 5.73 Å². The third-order valence-electron chi connectivity index (χ3n) is 1.60. The van der Waals surface area contributed by atoms with E-state index in [1.165, 1.54) is 0 Å². The van der Waals surface area contributed by atoms with Gasteiger partial charge in [0, 0.05) is 0 Å². The average molecular weight is 148 g/mol. The average Bonchev–Trinajstić information content (AvgIpc) is 2.35. The quantitative estimate of drug-likeness (QED) is 0.595. The van der Waals surface area contributed by atoms with Crippen LogP contribution in [0.15, 0.2) is 18.5 Å². The molecule has 56 valence electrons. The third kappa shape index (κ3) is 0.756. The monoisotopic (exact) mass is 148 g/mol. The standard InChI is InChI=1S/C7H8N4/c1-5-4-9-7-6(8)2-3-10-11(5)7/h2-4H,8H2,1H3. The highest BCUT2D eigenvalue weighted by Crippen LogP contribution is 2.09. The molecule has 0 aliphatic heterocycles. The van der Waals surface area contributed by atoms with E-state index in [1.54, 1.807) is 23.0 Å². The molecule has 2 N–H and O–H groups in total. The molecule has 11 heavy (non-hydrogen) atoms. The van der Waals surface area contributed by atoms with E-state index in [9.17, 15) is 0 Å². The van der Waals surface area contributed by atoms with Gasteiger partial charge in [-0.15, -0.1) is 0 Å². The SMILES string of the molecule is Cc1cnc2c(N)ccnn12. The molecule has 0 atom stereocenters. The first-order valence-corrected chi connectivity index (χ1v) is 3.34. The number of rotatable bonds is 0.